The topological polar surface area (TPSA) is 211 Å². The first-order valence-corrected chi connectivity index (χ1v) is 27.1. The zero-order valence-electron chi connectivity index (χ0n) is 43.1. The van der Waals surface area contributed by atoms with Crippen LogP contribution in [-0.4, -0.2) is 114 Å². The molecule has 0 bridgehead atoms. The van der Waals surface area contributed by atoms with Crippen molar-refractivity contribution < 1.29 is 42.5 Å². The number of fused-ring (bicyclic) bond motifs is 6. The predicted molar refractivity (Wildman–Crippen MR) is 276 cm³/mol. The molecule has 7 unspecified atom stereocenters. The lowest BCUT2D eigenvalue weighted by molar-refractivity contribution is -0.141. The van der Waals surface area contributed by atoms with E-state index in [0.29, 0.717) is 90.1 Å². The number of alkyl carbamates (subject to hydrolysis) is 2. The van der Waals surface area contributed by atoms with E-state index in [2.05, 4.69) is 38.2 Å². The number of nitrogens with zero attached hydrogens (tertiary/aromatic N) is 6. The summed E-state index contributed by atoms with van der Waals surface area (Å²) in [4.78, 5) is 79.6. The number of carbonyl (C=O) groups excluding carboxylic acids is 4. The second-order valence-corrected chi connectivity index (χ2v) is 23.3. The number of nitrogens with one attached hydrogen (secondary N) is 4. The minimum absolute atomic E-state index is 0.0437. The monoisotopic (exact) mass is 1040 g/mol. The average molecular weight is 1040 g/mol. The Labute approximate surface area is 437 Å². The zero-order valence-corrected chi connectivity index (χ0v) is 44.0. The van der Waals surface area contributed by atoms with Crippen LogP contribution in [0.25, 0.3) is 44.7 Å². The first-order chi connectivity index (χ1) is 36.1. The first-order valence-electron chi connectivity index (χ1n) is 26.3. The summed E-state index contributed by atoms with van der Waals surface area (Å²) in [6, 6.07) is 9.28. The Morgan fingerprint density at radius 3 is 2.33 bits per heavy atom. The molecular weight excluding hydrogens is 980 g/mol. The van der Waals surface area contributed by atoms with Crippen LogP contribution in [0.3, 0.4) is 0 Å². The molecule has 0 radical (unpaired) electrons. The fourth-order valence-corrected chi connectivity index (χ4v) is 13.6. The second-order valence-electron chi connectivity index (χ2n) is 22.2. The van der Waals surface area contributed by atoms with Gasteiger partial charge in [-0.05, 0) is 113 Å². The van der Waals surface area contributed by atoms with Crippen molar-refractivity contribution in [1.29, 1.82) is 0 Å². The van der Waals surface area contributed by atoms with Crippen molar-refractivity contribution in [2.45, 2.75) is 128 Å². The number of H-pyrrole nitrogens is 2. The van der Waals surface area contributed by atoms with Crippen molar-refractivity contribution in [2.75, 3.05) is 27.4 Å². The molecule has 12 rings (SSSR count). The zero-order chi connectivity index (χ0) is 52.2. The highest BCUT2D eigenvalue weighted by Gasteiger charge is 2.62. The first kappa shape index (κ1) is 49.1. The molecule has 2 aromatic carbocycles. The van der Waals surface area contributed by atoms with Crippen LogP contribution in [0, 0.1) is 29.5 Å². The van der Waals surface area contributed by atoms with Crippen molar-refractivity contribution in [3.8, 4) is 39.5 Å². The number of aromatic amines is 2. The van der Waals surface area contributed by atoms with Gasteiger partial charge in [-0.25, -0.2) is 28.9 Å². The van der Waals surface area contributed by atoms with E-state index in [1.807, 2.05) is 63.1 Å². The van der Waals surface area contributed by atoms with E-state index in [1.54, 1.807) is 28.6 Å². The summed E-state index contributed by atoms with van der Waals surface area (Å²) in [5.41, 5.74) is 4.15. The summed E-state index contributed by atoms with van der Waals surface area (Å²) in [5.74, 6) is 1.60. The fraction of sp³-hybridized carbons (Fsp3) is 0.509. The molecule has 4 amide bonds. The normalized spacial score (nSPS) is 25.3. The number of rotatable bonds is 12. The molecule has 6 aromatic rings. The van der Waals surface area contributed by atoms with Crippen molar-refractivity contribution in [1.82, 2.24) is 49.9 Å². The molecule has 18 nitrogen and oxygen atoms in total. The molecule has 4 aromatic heterocycles. The third-order valence-electron chi connectivity index (χ3n) is 16.6. The third-order valence-corrected chi connectivity index (χ3v) is 17.7. The van der Waals surface area contributed by atoms with Crippen molar-refractivity contribution in [3.05, 3.63) is 82.3 Å². The summed E-state index contributed by atoms with van der Waals surface area (Å²) in [6.07, 6.45) is 9.04. The van der Waals surface area contributed by atoms with Crippen molar-refractivity contribution >= 4 is 46.2 Å². The number of thiazole rings is 1. The number of carbonyl (C=O) groups is 4. The maximum Gasteiger partial charge on any atom is 0.407 e. The van der Waals surface area contributed by atoms with Gasteiger partial charge in [-0.1, -0.05) is 26.8 Å². The molecule has 0 spiro atoms. The number of halogens is 1. The molecular formula is C55H63FN10O8S. The summed E-state index contributed by atoms with van der Waals surface area (Å²) in [5, 5.41) is 7.54. The predicted octanol–water partition coefficient (Wildman–Crippen LogP) is 9.38. The molecule has 75 heavy (non-hydrogen) atoms. The lowest BCUT2D eigenvalue weighted by Crippen LogP contribution is -2.55. The molecule has 20 heteroatoms. The van der Waals surface area contributed by atoms with Gasteiger partial charge in [0.2, 0.25) is 18.0 Å². The molecule has 8 heterocycles. The smallest absolute Gasteiger partial charge is 0.407 e. The van der Waals surface area contributed by atoms with Crippen LogP contribution in [0.4, 0.5) is 14.0 Å². The van der Waals surface area contributed by atoms with E-state index in [-0.39, 0.29) is 41.8 Å². The summed E-state index contributed by atoms with van der Waals surface area (Å²) >= 11 is 1.62. The van der Waals surface area contributed by atoms with Gasteiger partial charge in [-0.3, -0.25) is 14.2 Å². The molecule has 4 N–H and O–H groups in total. The van der Waals surface area contributed by atoms with Gasteiger partial charge in [0.15, 0.2) is 0 Å². The SMILES string of the molecule is COC(=O)NC(C(=O)N1CCC[C@H]1c1ncc(-c2cc(F)c3c(c2)OC(c2cnc(C4CC4)s2)n2c-3cc3cc(-c4cnc([C@@H]5CC6C(C)C6N5C(=O)C(NC(=O)OC)C5CCOC(C)(C)C5)[nH]4)ccc32)[nH]1)C(C)C. The van der Waals surface area contributed by atoms with Gasteiger partial charge in [0.25, 0.3) is 0 Å². The van der Waals surface area contributed by atoms with Gasteiger partial charge in [-0.15, -0.1) is 11.3 Å². The number of methoxy groups -OCH3 is 2. The van der Waals surface area contributed by atoms with E-state index in [1.165, 1.54) is 20.3 Å². The van der Waals surface area contributed by atoms with Crippen LogP contribution in [0.15, 0.2) is 55.0 Å². The molecule has 3 saturated heterocycles. The molecule has 4 aliphatic heterocycles. The molecule has 2 aliphatic carbocycles. The Morgan fingerprint density at radius 2 is 1.61 bits per heavy atom. The van der Waals surface area contributed by atoms with Crippen molar-refractivity contribution in [3.63, 3.8) is 0 Å². The van der Waals surface area contributed by atoms with Gasteiger partial charge < -0.3 is 49.3 Å². The minimum atomic E-state index is -0.778. The standard InChI is InChI=1S/C55H63FN10O8S/c1-26(2)44(62-53(69)71-6)50(67)64-15-8-9-38(64)47-57-24-36(61-47)31-18-34(56)43-39-19-32-17-29(12-13-37(32)65(39)52(74-41(43)20-31)42-25-59-49(75-42)28-10-11-28)35-23-58-48(60-35)40-21-33-27(3)46(33)66(40)51(68)45(63-54(70)72-7)30-14-16-73-55(4,5)22-30/h12-13,17-20,23-28,30,33,38,40,44-46,52H,8-11,14-16,21-22H2,1-7H3,(H,57,61)(H,58,60)(H,62,69)(H,63,70)/t27?,30?,33?,38-,40-,44?,45?,46?,52?/m0/s1. The van der Waals surface area contributed by atoms with Crippen molar-refractivity contribution in [2.24, 2.45) is 23.7 Å². The Bertz CT molecular complexity index is 3230. The van der Waals surface area contributed by atoms with E-state index in [0.717, 1.165) is 57.7 Å². The number of likely N-dealkylation sites (tertiary alicyclic amines) is 2. The maximum absolute atomic E-state index is 17.0. The number of imidazole rings is 2. The van der Waals surface area contributed by atoms with Gasteiger partial charge in [0, 0.05) is 47.8 Å². The minimum Gasteiger partial charge on any atom is -0.464 e. The Balaban J connectivity index is 0.853. The molecule has 6 aliphatic rings. The largest absolute Gasteiger partial charge is 0.464 e. The maximum atomic E-state index is 17.0. The number of amides is 4. The van der Waals surface area contributed by atoms with Crippen LogP contribution >= 0.6 is 11.3 Å². The fourth-order valence-electron chi connectivity index (χ4n) is 12.5. The van der Waals surface area contributed by atoms with E-state index >= 15 is 4.39 Å². The summed E-state index contributed by atoms with van der Waals surface area (Å²) in [7, 11) is 2.58. The highest BCUT2D eigenvalue weighted by Crippen LogP contribution is 2.58. The van der Waals surface area contributed by atoms with E-state index in [4.69, 9.17) is 33.9 Å². The molecule has 5 fully saturated rings. The molecule has 9 atom stereocenters. The van der Waals surface area contributed by atoms with Crippen LogP contribution in [0.2, 0.25) is 0 Å². The number of hydrogen-bond acceptors (Lipinski definition) is 12. The second kappa shape index (κ2) is 18.8. The Morgan fingerprint density at radius 1 is 0.880 bits per heavy atom. The van der Waals surface area contributed by atoms with E-state index < -0.39 is 41.9 Å². The Hall–Kier alpha value is -6.80. The number of benzene rings is 2. The van der Waals surface area contributed by atoms with Gasteiger partial charge >= 0.3 is 12.2 Å². The van der Waals surface area contributed by atoms with Gasteiger partial charge in [-0.2, -0.15) is 0 Å². The lowest BCUT2D eigenvalue weighted by atomic mass is 9.82. The number of ether oxygens (including phenoxy) is 4. The van der Waals surface area contributed by atoms with Crippen LogP contribution in [-0.2, 0) is 23.8 Å². The van der Waals surface area contributed by atoms with Crippen LogP contribution < -0.4 is 15.4 Å². The van der Waals surface area contributed by atoms with Gasteiger partial charge in [0.05, 0.1) is 82.3 Å². The number of piperidine rings is 1. The molecule has 2 saturated carbocycles. The molecule has 394 valence electrons. The quantitative estimate of drug-likeness (QED) is 0.0907. The average Bonchev–Trinajstić information content (AvgIpc) is 3.92. The van der Waals surface area contributed by atoms with E-state index in [9.17, 15) is 19.2 Å². The highest BCUT2D eigenvalue weighted by atomic mass is 32.1. The highest BCUT2D eigenvalue weighted by molar-refractivity contribution is 7.11. The third kappa shape index (κ3) is 8.80. The number of hydrogen-bond donors (Lipinski definition) is 4. The lowest BCUT2D eigenvalue weighted by Gasteiger charge is -2.40. The summed E-state index contributed by atoms with van der Waals surface area (Å²) < 4.78 is 41.8. The Kier molecular flexibility index (Phi) is 12.3. The van der Waals surface area contributed by atoms with Crippen LogP contribution in [0.5, 0.6) is 5.75 Å². The van der Waals surface area contributed by atoms with Gasteiger partial charge in [0.1, 0.15) is 35.3 Å². The number of aromatic nitrogens is 6. The summed E-state index contributed by atoms with van der Waals surface area (Å²) in [6.45, 7) is 11.0. The van der Waals surface area contributed by atoms with Crippen LogP contribution in [0.1, 0.15) is 125 Å².